The lowest BCUT2D eigenvalue weighted by Gasteiger charge is -2.44. The summed E-state index contributed by atoms with van der Waals surface area (Å²) in [6.07, 6.45) is 2.87. The second-order valence-electron chi connectivity index (χ2n) is 7.53. The molecular formula is C20H26Si. The summed E-state index contributed by atoms with van der Waals surface area (Å²) in [6, 6.07) is 24.1. The molecule has 0 radical (unpaired) electrons. The molecular weight excluding hydrogens is 268 g/mol. The zero-order valence-electron chi connectivity index (χ0n) is 13.5. The van der Waals surface area contributed by atoms with E-state index in [-0.39, 0.29) is 0 Å². The van der Waals surface area contributed by atoms with E-state index in [2.05, 4.69) is 81.4 Å². The molecule has 1 aliphatic rings. The maximum atomic E-state index is 2.46. The van der Waals surface area contributed by atoms with Crippen molar-refractivity contribution in [2.75, 3.05) is 0 Å². The van der Waals surface area contributed by atoms with E-state index in [0.717, 1.165) is 5.92 Å². The molecule has 0 unspecified atom stereocenters. The van der Waals surface area contributed by atoms with Gasteiger partial charge in [-0.2, -0.15) is 0 Å². The van der Waals surface area contributed by atoms with Gasteiger partial charge >= 0.3 is 0 Å². The Kier molecular flexibility index (Phi) is 3.79. The number of benzene rings is 2. The minimum absolute atomic E-state index is 0.332. The van der Waals surface area contributed by atoms with Crippen LogP contribution in [0.5, 0.6) is 0 Å². The molecule has 21 heavy (non-hydrogen) atoms. The number of rotatable bonds is 4. The van der Waals surface area contributed by atoms with Crippen LogP contribution in [0.1, 0.15) is 33.6 Å². The Morgan fingerprint density at radius 1 is 0.810 bits per heavy atom. The van der Waals surface area contributed by atoms with Crippen molar-refractivity contribution in [2.24, 2.45) is 5.92 Å². The molecule has 3 rings (SSSR count). The summed E-state index contributed by atoms with van der Waals surface area (Å²) in [4.78, 5) is 0. The van der Waals surface area contributed by atoms with E-state index in [9.17, 15) is 0 Å². The average molecular weight is 295 g/mol. The third-order valence-corrected chi connectivity index (χ3v) is 11.5. The number of hydrogen-bond acceptors (Lipinski definition) is 0. The van der Waals surface area contributed by atoms with Gasteiger partial charge in [-0.3, -0.25) is 0 Å². The van der Waals surface area contributed by atoms with Gasteiger partial charge in [0.05, 0.1) is 0 Å². The van der Waals surface area contributed by atoms with Gasteiger partial charge in [-0.1, -0.05) is 105 Å². The Labute approximate surface area is 130 Å². The predicted octanol–water partition coefficient (Wildman–Crippen LogP) is 4.46. The molecule has 0 amide bonds. The van der Waals surface area contributed by atoms with Crippen molar-refractivity contribution in [3.8, 4) is 0 Å². The van der Waals surface area contributed by atoms with Gasteiger partial charge in [0.2, 0.25) is 0 Å². The molecule has 110 valence electrons. The SMILES string of the molecule is CC(C)(C)[Si](CC1CC1)(c1ccccc1)c1ccccc1. The Balaban J connectivity index is 2.20. The van der Waals surface area contributed by atoms with Crippen LogP contribution in [0.4, 0.5) is 0 Å². The average Bonchev–Trinajstić information content (AvgIpc) is 3.29. The standard InChI is InChI=1S/C20H26Si/c1-20(2,3)21(16-17-14-15-17,18-10-6-4-7-11-18)19-12-8-5-9-13-19/h4-13,17H,14-16H2,1-3H3. The molecule has 0 bridgehead atoms. The third-order valence-electron chi connectivity index (χ3n) is 5.11. The molecule has 2 aromatic carbocycles. The van der Waals surface area contributed by atoms with Crippen LogP contribution in [0.15, 0.2) is 60.7 Å². The highest BCUT2D eigenvalue weighted by Gasteiger charge is 2.49. The summed E-state index contributed by atoms with van der Waals surface area (Å²) in [7, 11) is -1.75. The minimum Gasteiger partial charge on any atom is -0.0626 e. The third kappa shape index (κ3) is 2.72. The fourth-order valence-corrected chi connectivity index (χ4v) is 9.72. The second kappa shape index (κ2) is 5.45. The van der Waals surface area contributed by atoms with Crippen molar-refractivity contribution in [1.29, 1.82) is 0 Å². The van der Waals surface area contributed by atoms with Crippen molar-refractivity contribution >= 4 is 18.4 Å². The zero-order chi connectivity index (χ0) is 14.9. The molecule has 0 spiro atoms. The second-order valence-corrected chi connectivity index (χ2v) is 12.4. The Hall–Kier alpha value is -1.34. The molecule has 0 heterocycles. The van der Waals surface area contributed by atoms with Crippen LogP contribution in [0.3, 0.4) is 0 Å². The normalized spacial score (nSPS) is 16.0. The van der Waals surface area contributed by atoms with E-state index in [1.54, 1.807) is 10.4 Å². The van der Waals surface area contributed by atoms with Gasteiger partial charge in [0.1, 0.15) is 8.07 Å². The fraction of sp³-hybridized carbons (Fsp3) is 0.400. The summed E-state index contributed by atoms with van der Waals surface area (Å²) in [5.74, 6) is 0.955. The topological polar surface area (TPSA) is 0 Å². The van der Waals surface area contributed by atoms with Crippen LogP contribution in [-0.4, -0.2) is 8.07 Å². The van der Waals surface area contributed by atoms with Crippen molar-refractivity contribution in [1.82, 2.24) is 0 Å². The molecule has 1 heteroatoms. The van der Waals surface area contributed by atoms with Gasteiger partial charge in [0.15, 0.2) is 0 Å². The quantitative estimate of drug-likeness (QED) is 0.730. The van der Waals surface area contributed by atoms with Crippen LogP contribution in [-0.2, 0) is 0 Å². The first-order valence-electron chi connectivity index (χ1n) is 8.15. The molecule has 0 aliphatic heterocycles. The van der Waals surface area contributed by atoms with Gasteiger partial charge in [-0.05, 0) is 17.0 Å². The highest BCUT2D eigenvalue weighted by molar-refractivity contribution is 7.04. The first-order valence-corrected chi connectivity index (χ1v) is 10.4. The van der Waals surface area contributed by atoms with Crippen LogP contribution >= 0.6 is 0 Å². The van der Waals surface area contributed by atoms with E-state index < -0.39 is 8.07 Å². The zero-order valence-corrected chi connectivity index (χ0v) is 14.5. The highest BCUT2D eigenvalue weighted by Crippen LogP contribution is 2.46. The summed E-state index contributed by atoms with van der Waals surface area (Å²) in [6.45, 7) is 7.38. The number of hydrogen-bond donors (Lipinski definition) is 0. The van der Waals surface area contributed by atoms with Crippen LogP contribution in [0.25, 0.3) is 0 Å². The van der Waals surface area contributed by atoms with E-state index in [0.29, 0.717) is 5.04 Å². The van der Waals surface area contributed by atoms with E-state index in [4.69, 9.17) is 0 Å². The molecule has 1 aliphatic carbocycles. The Bertz CT molecular complexity index is 537. The van der Waals surface area contributed by atoms with Gasteiger partial charge < -0.3 is 0 Å². The maximum Gasteiger partial charge on any atom is 0.123 e. The maximum absolute atomic E-state index is 2.46. The molecule has 0 nitrogen and oxygen atoms in total. The van der Waals surface area contributed by atoms with Crippen LogP contribution in [0.2, 0.25) is 11.1 Å². The highest BCUT2D eigenvalue weighted by atomic mass is 28.3. The van der Waals surface area contributed by atoms with Gasteiger partial charge in [0.25, 0.3) is 0 Å². The minimum atomic E-state index is -1.75. The summed E-state index contributed by atoms with van der Waals surface area (Å²) in [5.41, 5.74) is 0. The summed E-state index contributed by atoms with van der Waals surface area (Å²) in [5, 5.41) is 3.55. The van der Waals surface area contributed by atoms with Crippen LogP contribution in [0, 0.1) is 5.92 Å². The summed E-state index contributed by atoms with van der Waals surface area (Å²) < 4.78 is 0. The first-order chi connectivity index (χ1) is 10.0. The van der Waals surface area contributed by atoms with Gasteiger partial charge in [-0.25, -0.2) is 0 Å². The first kappa shape index (κ1) is 14.6. The molecule has 1 saturated carbocycles. The lowest BCUT2D eigenvalue weighted by Crippen LogP contribution is -2.64. The van der Waals surface area contributed by atoms with Gasteiger partial charge in [0, 0.05) is 0 Å². The van der Waals surface area contributed by atoms with Crippen molar-refractivity contribution in [3.05, 3.63) is 60.7 Å². The lowest BCUT2D eigenvalue weighted by atomic mass is 10.2. The van der Waals surface area contributed by atoms with E-state index in [1.165, 1.54) is 18.9 Å². The van der Waals surface area contributed by atoms with E-state index in [1.807, 2.05) is 0 Å². The molecule has 2 aromatic rings. The van der Waals surface area contributed by atoms with Gasteiger partial charge in [-0.15, -0.1) is 0 Å². The van der Waals surface area contributed by atoms with Crippen LogP contribution < -0.4 is 10.4 Å². The Morgan fingerprint density at radius 3 is 1.57 bits per heavy atom. The molecule has 0 N–H and O–H groups in total. The molecule has 0 atom stereocenters. The smallest absolute Gasteiger partial charge is 0.0626 e. The van der Waals surface area contributed by atoms with Crippen molar-refractivity contribution < 1.29 is 0 Å². The van der Waals surface area contributed by atoms with E-state index >= 15 is 0 Å². The lowest BCUT2D eigenvalue weighted by molar-refractivity contribution is 0.715. The Morgan fingerprint density at radius 2 is 1.24 bits per heavy atom. The van der Waals surface area contributed by atoms with Crippen molar-refractivity contribution in [3.63, 3.8) is 0 Å². The molecule has 1 fully saturated rings. The largest absolute Gasteiger partial charge is 0.123 e. The van der Waals surface area contributed by atoms with Crippen molar-refractivity contribution in [2.45, 2.75) is 44.7 Å². The molecule has 0 saturated heterocycles. The molecule has 0 aromatic heterocycles. The summed E-state index contributed by atoms with van der Waals surface area (Å²) >= 11 is 0. The fourth-order valence-electron chi connectivity index (χ4n) is 3.77. The predicted molar refractivity (Wildman–Crippen MR) is 95.2 cm³/mol. The monoisotopic (exact) mass is 294 g/mol.